The molecule has 1 spiro atoms. The van der Waals surface area contributed by atoms with Gasteiger partial charge in [0.1, 0.15) is 0 Å². The molecule has 7 heteroatoms. The molecule has 7 rings (SSSR count). The van der Waals surface area contributed by atoms with Crippen LogP contribution in [0.25, 0.3) is 0 Å². The first-order valence-electron chi connectivity index (χ1n) is 13.9. The van der Waals surface area contributed by atoms with E-state index in [9.17, 15) is 14.4 Å². The number of nitrogens with zero attached hydrogens (tertiary/aromatic N) is 3. The van der Waals surface area contributed by atoms with Crippen LogP contribution < -0.4 is 14.7 Å². The Morgan fingerprint density at radius 1 is 0.707 bits per heavy atom. The van der Waals surface area contributed by atoms with E-state index in [0.29, 0.717) is 29.4 Å². The number of barbiturate groups is 1. The highest BCUT2D eigenvalue weighted by molar-refractivity contribution is 6.39. The third-order valence-corrected chi connectivity index (χ3v) is 9.08. The van der Waals surface area contributed by atoms with Crippen molar-refractivity contribution in [3.8, 4) is 0 Å². The molecule has 204 valence electrons. The molecule has 2 fully saturated rings. The quantitative estimate of drug-likeness (QED) is 0.257. The van der Waals surface area contributed by atoms with E-state index in [1.165, 1.54) is 15.4 Å². The number of carbonyl (C=O) groups excluding carboxylic acids is 3. The number of anilines is 3. The zero-order valence-electron chi connectivity index (χ0n) is 22.3. The molecule has 2 saturated heterocycles. The van der Waals surface area contributed by atoms with E-state index < -0.39 is 29.3 Å². The summed E-state index contributed by atoms with van der Waals surface area (Å²) in [7, 11) is 0. The molecule has 2 atom stereocenters. The second-order valence-electron chi connectivity index (χ2n) is 11.0. The van der Waals surface area contributed by atoms with E-state index in [1.54, 1.807) is 54.6 Å². The molecule has 4 amide bonds. The molecule has 4 aromatic carbocycles. The third kappa shape index (κ3) is 3.97. The Morgan fingerprint density at radius 3 is 1.85 bits per heavy atom. The Kier molecular flexibility index (Phi) is 6.16. The Hall–Kier alpha value is -4.42. The zero-order valence-corrected chi connectivity index (χ0v) is 23.1. The van der Waals surface area contributed by atoms with Gasteiger partial charge in [0.25, 0.3) is 11.8 Å². The van der Waals surface area contributed by atoms with Gasteiger partial charge in [-0.3, -0.25) is 9.59 Å². The number of hydrogen-bond acceptors (Lipinski definition) is 4. The number of amides is 4. The number of carbonyl (C=O) groups is 3. The average molecular weight is 562 g/mol. The number of imide groups is 2. The van der Waals surface area contributed by atoms with Crippen LogP contribution in [0.4, 0.5) is 21.9 Å². The smallest absolute Gasteiger partial charge is 0.342 e. The van der Waals surface area contributed by atoms with Gasteiger partial charge in [-0.1, -0.05) is 84.4 Å². The van der Waals surface area contributed by atoms with Crippen molar-refractivity contribution >= 4 is 46.5 Å². The van der Waals surface area contributed by atoms with Crippen LogP contribution in [0.2, 0.25) is 5.02 Å². The number of rotatable bonds is 3. The predicted molar refractivity (Wildman–Crippen MR) is 160 cm³/mol. The molecule has 3 heterocycles. The van der Waals surface area contributed by atoms with Crippen LogP contribution in [0.15, 0.2) is 109 Å². The van der Waals surface area contributed by atoms with Gasteiger partial charge in [0.05, 0.1) is 17.4 Å². The minimum absolute atomic E-state index is 0.156. The molecule has 0 radical (unpaired) electrons. The lowest BCUT2D eigenvalue weighted by molar-refractivity contribution is -0.143. The molecule has 0 unspecified atom stereocenters. The summed E-state index contributed by atoms with van der Waals surface area (Å²) < 4.78 is 0. The molecule has 41 heavy (non-hydrogen) atoms. The fraction of sp³-hybridized carbons (Fsp3) is 0.206. The molecule has 0 saturated carbocycles. The van der Waals surface area contributed by atoms with Crippen molar-refractivity contribution in [1.29, 1.82) is 0 Å². The van der Waals surface area contributed by atoms with E-state index in [1.807, 2.05) is 42.5 Å². The highest BCUT2D eigenvalue weighted by Gasteiger charge is 2.65. The maximum atomic E-state index is 14.9. The molecule has 3 aliphatic rings. The number of hydrogen-bond donors (Lipinski definition) is 0. The van der Waals surface area contributed by atoms with Crippen molar-refractivity contribution in [2.45, 2.75) is 31.2 Å². The number of benzene rings is 4. The van der Waals surface area contributed by atoms with E-state index in [0.717, 1.165) is 17.7 Å². The van der Waals surface area contributed by atoms with Gasteiger partial charge in [-0.15, -0.1) is 0 Å². The summed E-state index contributed by atoms with van der Waals surface area (Å²) >= 11 is 6.47. The number of fused-ring (bicyclic) bond motifs is 4. The standard InChI is InChI=1S/C34H28ClN3O3/c35-26-17-16-25-22-34(30-20-24(23-10-4-1-5-11-23)18-19-36(30)29(25)21-26)31(39)37(27-12-6-2-7-13-27)33(41)38(32(34)40)28-14-8-3-9-15-28/h1-17,21,24,30H,18-20,22H2/t24-,30+/m1/s1. The average Bonchev–Trinajstić information content (AvgIpc) is 3.01. The van der Waals surface area contributed by atoms with Gasteiger partial charge >= 0.3 is 6.03 Å². The topological polar surface area (TPSA) is 60.9 Å². The monoisotopic (exact) mass is 561 g/mol. The van der Waals surface area contributed by atoms with Crippen LogP contribution in [-0.2, 0) is 16.0 Å². The van der Waals surface area contributed by atoms with Gasteiger partial charge in [0.2, 0.25) is 0 Å². The molecular weight excluding hydrogens is 534 g/mol. The van der Waals surface area contributed by atoms with Crippen LogP contribution in [0.3, 0.4) is 0 Å². The summed E-state index contributed by atoms with van der Waals surface area (Å²) in [5, 5.41) is 0.608. The maximum absolute atomic E-state index is 14.9. The van der Waals surface area contributed by atoms with Crippen molar-refractivity contribution in [3.63, 3.8) is 0 Å². The molecule has 0 aliphatic carbocycles. The van der Waals surface area contributed by atoms with Crippen molar-refractivity contribution in [3.05, 3.63) is 125 Å². The van der Waals surface area contributed by atoms with Crippen molar-refractivity contribution < 1.29 is 14.4 Å². The lowest BCUT2D eigenvalue weighted by Gasteiger charge is -2.56. The Labute approximate surface area is 243 Å². The summed E-state index contributed by atoms with van der Waals surface area (Å²) in [5.41, 5.74) is 2.38. The second-order valence-corrected chi connectivity index (χ2v) is 11.4. The first-order chi connectivity index (χ1) is 20.0. The van der Waals surface area contributed by atoms with Gasteiger partial charge < -0.3 is 4.90 Å². The summed E-state index contributed by atoms with van der Waals surface area (Å²) in [5.74, 6) is -0.797. The first kappa shape index (κ1) is 25.5. The van der Waals surface area contributed by atoms with Gasteiger partial charge in [-0.05, 0) is 72.7 Å². The van der Waals surface area contributed by atoms with Crippen LogP contribution in [0, 0.1) is 5.41 Å². The van der Waals surface area contributed by atoms with Crippen molar-refractivity contribution in [2.24, 2.45) is 5.41 Å². The van der Waals surface area contributed by atoms with Crippen LogP contribution in [-0.4, -0.2) is 30.4 Å². The van der Waals surface area contributed by atoms with Gasteiger partial charge in [-0.25, -0.2) is 14.6 Å². The number of urea groups is 1. The van der Waals surface area contributed by atoms with Gasteiger partial charge in [-0.2, -0.15) is 0 Å². The second kappa shape index (κ2) is 9.89. The first-order valence-corrected chi connectivity index (χ1v) is 14.3. The van der Waals surface area contributed by atoms with E-state index in [2.05, 4.69) is 17.0 Å². The molecule has 3 aliphatic heterocycles. The Bertz CT molecular complexity index is 1580. The highest BCUT2D eigenvalue weighted by atomic mass is 35.5. The minimum atomic E-state index is -1.52. The summed E-state index contributed by atoms with van der Waals surface area (Å²) in [4.78, 5) is 48.5. The zero-order chi connectivity index (χ0) is 28.1. The fourth-order valence-electron chi connectivity index (χ4n) is 6.93. The number of halogens is 1. The summed E-state index contributed by atoms with van der Waals surface area (Å²) in [6.45, 7) is 0.657. The SMILES string of the molecule is O=C1N(c2ccccc2)C(=O)C2(Cc3ccc(Cl)cc3N3CC[C@@H](c4ccccc4)C[C@H]32)C(=O)N1c1ccccc1. The molecular formula is C34H28ClN3O3. The molecule has 4 aromatic rings. The number of piperidine rings is 1. The van der Waals surface area contributed by atoms with Gasteiger partial charge in [0, 0.05) is 17.3 Å². The van der Waals surface area contributed by atoms with Crippen molar-refractivity contribution in [1.82, 2.24) is 0 Å². The third-order valence-electron chi connectivity index (χ3n) is 8.85. The van der Waals surface area contributed by atoms with Crippen LogP contribution in [0.5, 0.6) is 0 Å². The largest absolute Gasteiger partial charge is 0.367 e. The molecule has 0 bridgehead atoms. The normalized spacial score (nSPS) is 21.6. The lowest BCUT2D eigenvalue weighted by atomic mass is 9.63. The van der Waals surface area contributed by atoms with Crippen molar-refractivity contribution in [2.75, 3.05) is 21.2 Å². The predicted octanol–water partition coefficient (Wildman–Crippen LogP) is 6.84. The van der Waals surface area contributed by atoms with Crippen LogP contribution >= 0.6 is 11.6 Å². The molecule has 6 nitrogen and oxygen atoms in total. The van der Waals surface area contributed by atoms with E-state index in [4.69, 9.17) is 11.6 Å². The minimum Gasteiger partial charge on any atom is -0.367 e. The number of para-hydroxylation sites is 2. The van der Waals surface area contributed by atoms with Crippen LogP contribution in [0.1, 0.15) is 29.9 Å². The lowest BCUT2D eigenvalue weighted by Crippen LogP contribution is -2.74. The Morgan fingerprint density at radius 2 is 1.27 bits per heavy atom. The Balaban J connectivity index is 1.45. The molecule has 0 N–H and O–H groups in total. The molecule has 0 aromatic heterocycles. The van der Waals surface area contributed by atoms with E-state index >= 15 is 0 Å². The summed E-state index contributed by atoms with van der Waals surface area (Å²) in [6.07, 6.45) is 1.64. The van der Waals surface area contributed by atoms with Gasteiger partial charge in [0.15, 0.2) is 5.41 Å². The maximum Gasteiger partial charge on any atom is 0.342 e. The summed E-state index contributed by atoms with van der Waals surface area (Å²) in [6, 6.07) is 32.6. The van der Waals surface area contributed by atoms with E-state index in [-0.39, 0.29) is 12.3 Å². The highest BCUT2D eigenvalue weighted by Crippen LogP contribution is 2.52. The fourth-order valence-corrected chi connectivity index (χ4v) is 7.10.